The van der Waals surface area contributed by atoms with Gasteiger partial charge in [-0.15, -0.1) is 0 Å². The van der Waals surface area contributed by atoms with Gasteiger partial charge in [0.25, 0.3) is 0 Å². The van der Waals surface area contributed by atoms with E-state index in [1.807, 2.05) is 84.1 Å². The van der Waals surface area contributed by atoms with Crippen molar-refractivity contribution in [2.45, 2.75) is 25.5 Å². The Morgan fingerprint density at radius 3 is 1.92 bits per heavy atom. The number of ether oxygens (including phenoxy) is 1. The van der Waals surface area contributed by atoms with Crippen LogP contribution >= 0.6 is 34.2 Å². The fraction of sp³-hybridized carbons (Fsp3) is 0.0952. The van der Waals surface area contributed by atoms with Crippen LogP contribution in [0.25, 0.3) is 0 Å². The number of carbonyl (C=O) groups excluding carboxylic acids is 1. The summed E-state index contributed by atoms with van der Waals surface area (Å²) < 4.78 is 5.20. The van der Waals surface area contributed by atoms with Gasteiger partial charge in [-0.1, -0.05) is 52.4 Å². The molecule has 132 valence electrons. The van der Waals surface area contributed by atoms with E-state index < -0.39 is 0 Å². The van der Waals surface area contributed by atoms with Gasteiger partial charge >= 0.3 is 5.97 Å². The van der Waals surface area contributed by atoms with Crippen molar-refractivity contribution in [2.24, 2.45) is 0 Å². The van der Waals surface area contributed by atoms with Gasteiger partial charge in [0.15, 0.2) is 14.7 Å². The number of esters is 1. The molecule has 5 heteroatoms. The van der Waals surface area contributed by atoms with Crippen LogP contribution in [0.3, 0.4) is 0 Å². The topological polar surface area (TPSA) is 26.3 Å². The van der Waals surface area contributed by atoms with Gasteiger partial charge in [0.1, 0.15) is 9.67 Å². The number of hydrogen-bond donors (Lipinski definition) is 0. The largest absolute Gasteiger partial charge is 0.426 e. The van der Waals surface area contributed by atoms with Crippen LogP contribution in [0.1, 0.15) is 6.92 Å². The van der Waals surface area contributed by atoms with E-state index in [-0.39, 0.29) is 20.8 Å². The molecule has 0 saturated heterocycles. The van der Waals surface area contributed by atoms with Crippen molar-refractivity contribution >= 4 is 51.1 Å². The molecule has 0 saturated carbocycles. The van der Waals surface area contributed by atoms with Crippen LogP contribution in [0.2, 0.25) is 5.02 Å². The molecule has 0 N–H and O–H groups in total. The lowest BCUT2D eigenvalue weighted by Gasteiger charge is -2.09. The minimum absolute atomic E-state index is 0.180. The number of alkyl halides is 1. The predicted molar refractivity (Wildman–Crippen MR) is 116 cm³/mol. The lowest BCUT2D eigenvalue weighted by atomic mass is 10.3. The van der Waals surface area contributed by atoms with E-state index in [0.29, 0.717) is 5.75 Å². The van der Waals surface area contributed by atoms with Crippen LogP contribution < -0.4 is 4.74 Å². The summed E-state index contributed by atoms with van der Waals surface area (Å²) in [6, 6.07) is 26.1. The summed E-state index contributed by atoms with van der Waals surface area (Å²) in [7, 11) is -0.253. The zero-order chi connectivity index (χ0) is 18.5. The number of rotatable bonds is 5. The fourth-order valence-electron chi connectivity index (χ4n) is 2.38. The Bertz CT molecular complexity index is 865. The van der Waals surface area contributed by atoms with E-state index in [4.69, 9.17) is 16.3 Å². The number of hydrogen-bond acceptors (Lipinski definition) is 2. The monoisotopic (exact) mass is 495 g/mol. The number of benzene rings is 3. The van der Waals surface area contributed by atoms with Crippen molar-refractivity contribution in [1.29, 1.82) is 0 Å². The highest BCUT2D eigenvalue weighted by molar-refractivity contribution is 14.1. The van der Waals surface area contributed by atoms with Crippen LogP contribution in [0, 0.1) is 0 Å². The standard InChI is InChI=1S/C21H17ClIO2S/c1-15(23)21(24)25-17-9-13-20(14-10-17)26(18-5-3-2-4-6-18)19-11-7-16(22)8-12-19/h2-15H,1H3/q+1. The zero-order valence-corrected chi connectivity index (χ0v) is 17.8. The lowest BCUT2D eigenvalue weighted by molar-refractivity contribution is -0.133. The Morgan fingerprint density at radius 1 is 0.885 bits per heavy atom. The Morgan fingerprint density at radius 2 is 1.38 bits per heavy atom. The SMILES string of the molecule is CC(I)C(=O)Oc1ccc([S+](c2ccccc2)c2ccc(Cl)cc2)cc1. The van der Waals surface area contributed by atoms with Crippen molar-refractivity contribution in [3.05, 3.63) is 83.9 Å². The third kappa shape index (κ3) is 4.81. The van der Waals surface area contributed by atoms with E-state index in [1.165, 1.54) is 9.79 Å². The van der Waals surface area contributed by atoms with E-state index in [9.17, 15) is 4.79 Å². The third-order valence-electron chi connectivity index (χ3n) is 3.63. The maximum atomic E-state index is 11.8. The van der Waals surface area contributed by atoms with Crippen molar-refractivity contribution in [2.75, 3.05) is 0 Å². The quantitative estimate of drug-likeness (QED) is 0.139. The molecular weight excluding hydrogens is 479 g/mol. The average Bonchev–Trinajstić information content (AvgIpc) is 2.66. The minimum atomic E-state index is -0.253. The summed E-state index contributed by atoms with van der Waals surface area (Å²) in [6.07, 6.45) is 0. The Labute approximate surface area is 175 Å². The first-order chi connectivity index (χ1) is 12.5. The lowest BCUT2D eigenvalue weighted by Crippen LogP contribution is -2.16. The van der Waals surface area contributed by atoms with Gasteiger partial charge in [0.05, 0.1) is 10.9 Å². The molecule has 0 aliphatic carbocycles. The molecule has 0 radical (unpaired) electrons. The summed E-state index contributed by atoms with van der Waals surface area (Å²) in [4.78, 5) is 15.3. The van der Waals surface area contributed by atoms with Crippen LogP contribution in [-0.4, -0.2) is 9.89 Å². The van der Waals surface area contributed by atoms with Gasteiger partial charge in [0.2, 0.25) is 0 Å². The normalized spacial score (nSPS) is 13.0. The Hall–Kier alpha value is -1.50. The average molecular weight is 496 g/mol. The van der Waals surface area contributed by atoms with Gasteiger partial charge < -0.3 is 4.74 Å². The van der Waals surface area contributed by atoms with Gasteiger partial charge in [-0.3, -0.25) is 4.79 Å². The molecule has 2 atom stereocenters. The molecular formula is C21H17ClIO2S+. The summed E-state index contributed by atoms with van der Waals surface area (Å²) in [5, 5.41) is 0.723. The summed E-state index contributed by atoms with van der Waals surface area (Å²) in [6.45, 7) is 1.81. The number of carbonyl (C=O) groups is 1. The third-order valence-corrected chi connectivity index (χ3v) is 6.62. The van der Waals surface area contributed by atoms with E-state index >= 15 is 0 Å². The van der Waals surface area contributed by atoms with E-state index in [0.717, 1.165) is 9.92 Å². The van der Waals surface area contributed by atoms with Crippen LogP contribution in [-0.2, 0) is 15.7 Å². The first-order valence-corrected chi connectivity index (χ1v) is 10.9. The van der Waals surface area contributed by atoms with Gasteiger partial charge in [-0.05, 0) is 67.6 Å². The highest BCUT2D eigenvalue weighted by Gasteiger charge is 2.28. The summed E-state index contributed by atoms with van der Waals surface area (Å²) >= 11 is 8.10. The van der Waals surface area contributed by atoms with Crippen LogP contribution in [0.5, 0.6) is 5.75 Å². The van der Waals surface area contributed by atoms with Crippen LogP contribution in [0.15, 0.2) is 93.5 Å². The highest BCUT2D eigenvalue weighted by atomic mass is 127. The van der Waals surface area contributed by atoms with Crippen molar-refractivity contribution < 1.29 is 9.53 Å². The summed E-state index contributed by atoms with van der Waals surface area (Å²) in [5.41, 5.74) is 0. The van der Waals surface area contributed by atoms with Crippen molar-refractivity contribution in [3.8, 4) is 5.75 Å². The molecule has 0 bridgehead atoms. The molecule has 0 aromatic heterocycles. The van der Waals surface area contributed by atoms with Crippen molar-refractivity contribution in [1.82, 2.24) is 0 Å². The molecule has 26 heavy (non-hydrogen) atoms. The smallest absolute Gasteiger partial charge is 0.323 e. The molecule has 0 aliphatic rings. The Balaban J connectivity index is 1.95. The second-order valence-corrected chi connectivity index (χ2v) is 9.91. The second-order valence-electron chi connectivity index (χ2n) is 5.58. The van der Waals surface area contributed by atoms with Crippen LogP contribution in [0.4, 0.5) is 0 Å². The molecule has 2 unspecified atom stereocenters. The molecule has 0 fully saturated rings. The molecule has 2 nitrogen and oxygen atoms in total. The van der Waals surface area contributed by atoms with Crippen molar-refractivity contribution in [3.63, 3.8) is 0 Å². The minimum Gasteiger partial charge on any atom is -0.426 e. The first kappa shape index (κ1) is 19.3. The molecule has 0 spiro atoms. The molecule has 0 aliphatic heterocycles. The molecule has 3 aromatic carbocycles. The molecule has 3 aromatic rings. The van der Waals surface area contributed by atoms with Gasteiger partial charge in [-0.2, -0.15) is 0 Å². The highest BCUT2D eigenvalue weighted by Crippen LogP contribution is 2.32. The van der Waals surface area contributed by atoms with Gasteiger partial charge in [-0.25, -0.2) is 0 Å². The predicted octanol–water partition coefficient (Wildman–Crippen LogP) is 6.16. The molecule has 0 amide bonds. The summed E-state index contributed by atoms with van der Waals surface area (Å²) in [5.74, 6) is 0.327. The van der Waals surface area contributed by atoms with Gasteiger partial charge in [0, 0.05) is 5.02 Å². The number of halogens is 2. The van der Waals surface area contributed by atoms with E-state index in [1.54, 1.807) is 0 Å². The maximum Gasteiger partial charge on any atom is 0.323 e. The molecule has 3 rings (SSSR count). The molecule has 0 heterocycles. The second kappa shape index (κ2) is 8.93. The van der Waals surface area contributed by atoms with E-state index in [2.05, 4.69) is 24.3 Å². The fourth-order valence-corrected chi connectivity index (χ4v) is 4.69. The first-order valence-electron chi connectivity index (χ1n) is 8.05. The zero-order valence-electron chi connectivity index (χ0n) is 14.1. The Kier molecular flexibility index (Phi) is 6.62. The maximum absolute atomic E-state index is 11.8.